The molecule has 4 heteroatoms. The van der Waals surface area contributed by atoms with Gasteiger partial charge in [0.1, 0.15) is 5.75 Å². The number of nitrogens with zero attached hydrogens (tertiary/aromatic N) is 1. The Morgan fingerprint density at radius 2 is 2.06 bits per heavy atom. The van der Waals surface area contributed by atoms with Crippen LogP contribution in [0.25, 0.3) is 0 Å². The number of piperazine rings is 1. The Bertz CT molecular complexity index is 340. The number of thioether (sulfide) groups is 1. The fourth-order valence-corrected chi connectivity index (χ4v) is 3.00. The third kappa shape index (κ3) is 3.91. The minimum absolute atomic E-state index is 0.984. The normalized spacial score (nSPS) is 17.0. The molecule has 0 amide bonds. The first-order chi connectivity index (χ1) is 8.40. The van der Waals surface area contributed by atoms with Gasteiger partial charge in [-0.15, -0.1) is 11.8 Å². The van der Waals surface area contributed by atoms with E-state index in [2.05, 4.69) is 22.3 Å². The molecule has 1 N–H and O–H groups in total. The average Bonchev–Trinajstić information content (AvgIpc) is 2.40. The molecule has 1 aliphatic rings. The summed E-state index contributed by atoms with van der Waals surface area (Å²) < 4.78 is 5.34. The van der Waals surface area contributed by atoms with Crippen LogP contribution in [0.3, 0.4) is 0 Å². The van der Waals surface area contributed by atoms with Crippen molar-refractivity contribution in [1.82, 2.24) is 10.2 Å². The maximum atomic E-state index is 5.34. The Kier molecular flexibility index (Phi) is 5.16. The zero-order valence-electron chi connectivity index (χ0n) is 10.3. The molecule has 1 aromatic carbocycles. The molecule has 1 aromatic rings. The van der Waals surface area contributed by atoms with Gasteiger partial charge >= 0.3 is 0 Å². The number of nitrogens with one attached hydrogen (secondary N) is 1. The number of hydrogen-bond acceptors (Lipinski definition) is 4. The lowest BCUT2D eigenvalue weighted by molar-refractivity contribution is 0.255. The third-order valence-electron chi connectivity index (χ3n) is 2.94. The van der Waals surface area contributed by atoms with Crippen molar-refractivity contribution in [1.29, 1.82) is 0 Å². The van der Waals surface area contributed by atoms with E-state index >= 15 is 0 Å². The first-order valence-corrected chi connectivity index (χ1v) is 7.07. The van der Waals surface area contributed by atoms with E-state index in [1.165, 1.54) is 18.0 Å². The highest BCUT2D eigenvalue weighted by Gasteiger charge is 2.09. The second-order valence-electron chi connectivity index (χ2n) is 4.09. The van der Waals surface area contributed by atoms with Crippen molar-refractivity contribution in [3.63, 3.8) is 0 Å². The van der Waals surface area contributed by atoms with Gasteiger partial charge in [-0.2, -0.15) is 0 Å². The summed E-state index contributed by atoms with van der Waals surface area (Å²) in [5.41, 5.74) is 0. The molecule has 17 heavy (non-hydrogen) atoms. The zero-order valence-corrected chi connectivity index (χ0v) is 11.1. The molecule has 0 unspecified atom stereocenters. The minimum Gasteiger partial charge on any atom is -0.496 e. The maximum Gasteiger partial charge on any atom is 0.132 e. The van der Waals surface area contributed by atoms with Crippen molar-refractivity contribution in [3.05, 3.63) is 24.3 Å². The monoisotopic (exact) mass is 252 g/mol. The van der Waals surface area contributed by atoms with Gasteiger partial charge in [-0.25, -0.2) is 0 Å². The number of benzene rings is 1. The van der Waals surface area contributed by atoms with Crippen LogP contribution in [0.5, 0.6) is 5.75 Å². The van der Waals surface area contributed by atoms with Gasteiger partial charge in [-0.3, -0.25) is 4.90 Å². The predicted molar refractivity (Wildman–Crippen MR) is 73.0 cm³/mol. The van der Waals surface area contributed by atoms with E-state index < -0.39 is 0 Å². The smallest absolute Gasteiger partial charge is 0.132 e. The van der Waals surface area contributed by atoms with E-state index in [1.807, 2.05) is 23.9 Å². The van der Waals surface area contributed by atoms with Gasteiger partial charge in [-0.1, -0.05) is 12.1 Å². The molecular formula is C13H20N2OS. The highest BCUT2D eigenvalue weighted by Crippen LogP contribution is 2.28. The summed E-state index contributed by atoms with van der Waals surface area (Å²) >= 11 is 1.88. The Morgan fingerprint density at radius 3 is 2.82 bits per heavy atom. The molecule has 0 aromatic heterocycles. The topological polar surface area (TPSA) is 24.5 Å². The molecule has 1 saturated heterocycles. The van der Waals surface area contributed by atoms with Crippen LogP contribution in [0, 0.1) is 0 Å². The standard InChI is InChI=1S/C13H20N2OS/c1-16-12-4-2-3-5-13(12)17-11-10-15-8-6-14-7-9-15/h2-5,14H,6-11H2,1H3. The highest BCUT2D eigenvalue weighted by molar-refractivity contribution is 7.99. The Labute approximate surface area is 108 Å². The molecule has 1 heterocycles. The number of ether oxygens (including phenoxy) is 1. The highest BCUT2D eigenvalue weighted by atomic mass is 32.2. The zero-order chi connectivity index (χ0) is 11.9. The Balaban J connectivity index is 1.77. The van der Waals surface area contributed by atoms with Crippen LogP contribution in [-0.4, -0.2) is 50.5 Å². The predicted octanol–water partition coefficient (Wildman–Crippen LogP) is 1.69. The number of methoxy groups -OCH3 is 1. The lowest BCUT2D eigenvalue weighted by Gasteiger charge is -2.26. The molecule has 0 spiro atoms. The Hall–Kier alpha value is -0.710. The third-order valence-corrected chi connectivity index (χ3v) is 3.98. The van der Waals surface area contributed by atoms with Gasteiger partial charge in [0.2, 0.25) is 0 Å². The number of para-hydroxylation sites is 1. The SMILES string of the molecule is COc1ccccc1SCCN1CCNCC1. The minimum atomic E-state index is 0.984. The number of hydrogen-bond donors (Lipinski definition) is 1. The summed E-state index contributed by atoms with van der Waals surface area (Å²) in [6.07, 6.45) is 0. The first-order valence-electron chi connectivity index (χ1n) is 6.09. The van der Waals surface area contributed by atoms with Crippen LogP contribution in [0.15, 0.2) is 29.2 Å². The molecule has 0 atom stereocenters. The van der Waals surface area contributed by atoms with E-state index in [0.29, 0.717) is 0 Å². The quantitative estimate of drug-likeness (QED) is 0.806. The summed E-state index contributed by atoms with van der Waals surface area (Å²) in [7, 11) is 1.73. The fourth-order valence-electron chi connectivity index (χ4n) is 1.96. The second-order valence-corrected chi connectivity index (χ2v) is 5.23. The van der Waals surface area contributed by atoms with Crippen LogP contribution in [-0.2, 0) is 0 Å². The molecule has 2 rings (SSSR count). The van der Waals surface area contributed by atoms with Gasteiger partial charge in [0, 0.05) is 43.4 Å². The summed E-state index contributed by atoms with van der Waals surface area (Å²) in [4.78, 5) is 3.75. The molecule has 94 valence electrons. The molecular weight excluding hydrogens is 232 g/mol. The fraction of sp³-hybridized carbons (Fsp3) is 0.538. The van der Waals surface area contributed by atoms with Gasteiger partial charge in [-0.05, 0) is 12.1 Å². The maximum absolute atomic E-state index is 5.34. The van der Waals surface area contributed by atoms with Crippen LogP contribution < -0.4 is 10.1 Å². The largest absolute Gasteiger partial charge is 0.496 e. The van der Waals surface area contributed by atoms with Gasteiger partial charge in [0.25, 0.3) is 0 Å². The lowest BCUT2D eigenvalue weighted by Crippen LogP contribution is -2.44. The summed E-state index contributed by atoms with van der Waals surface area (Å²) in [6, 6.07) is 8.23. The van der Waals surface area contributed by atoms with Crippen molar-refractivity contribution < 1.29 is 4.74 Å². The summed E-state index contributed by atoms with van der Waals surface area (Å²) in [5.74, 6) is 2.11. The van der Waals surface area contributed by atoms with E-state index in [-0.39, 0.29) is 0 Å². The van der Waals surface area contributed by atoms with Crippen molar-refractivity contribution in [2.24, 2.45) is 0 Å². The van der Waals surface area contributed by atoms with Crippen LogP contribution in [0.2, 0.25) is 0 Å². The van der Waals surface area contributed by atoms with Crippen molar-refractivity contribution in [3.8, 4) is 5.75 Å². The lowest BCUT2D eigenvalue weighted by atomic mass is 10.3. The molecule has 1 aliphatic heterocycles. The second kappa shape index (κ2) is 6.89. The Morgan fingerprint density at radius 1 is 1.29 bits per heavy atom. The summed E-state index contributed by atoms with van der Waals surface area (Å²) in [5, 5.41) is 3.37. The van der Waals surface area contributed by atoms with Crippen molar-refractivity contribution in [2.45, 2.75) is 4.90 Å². The van der Waals surface area contributed by atoms with Gasteiger partial charge in [0.15, 0.2) is 0 Å². The summed E-state index contributed by atoms with van der Waals surface area (Å²) in [6.45, 7) is 5.75. The van der Waals surface area contributed by atoms with Crippen molar-refractivity contribution in [2.75, 3.05) is 45.6 Å². The molecule has 0 radical (unpaired) electrons. The van der Waals surface area contributed by atoms with E-state index in [4.69, 9.17) is 4.74 Å². The van der Waals surface area contributed by atoms with E-state index in [9.17, 15) is 0 Å². The average molecular weight is 252 g/mol. The molecule has 0 aliphatic carbocycles. The van der Waals surface area contributed by atoms with E-state index in [0.717, 1.165) is 31.1 Å². The number of rotatable bonds is 5. The molecule has 0 saturated carbocycles. The van der Waals surface area contributed by atoms with Crippen LogP contribution in [0.4, 0.5) is 0 Å². The van der Waals surface area contributed by atoms with Crippen molar-refractivity contribution >= 4 is 11.8 Å². The van der Waals surface area contributed by atoms with E-state index in [1.54, 1.807) is 7.11 Å². The molecule has 0 bridgehead atoms. The molecule has 3 nitrogen and oxygen atoms in total. The van der Waals surface area contributed by atoms with Gasteiger partial charge < -0.3 is 10.1 Å². The first kappa shape index (κ1) is 12.7. The van der Waals surface area contributed by atoms with Crippen LogP contribution in [0.1, 0.15) is 0 Å². The van der Waals surface area contributed by atoms with Crippen LogP contribution >= 0.6 is 11.8 Å². The molecule has 1 fully saturated rings. The van der Waals surface area contributed by atoms with Gasteiger partial charge in [0.05, 0.1) is 7.11 Å².